The van der Waals surface area contributed by atoms with Crippen molar-refractivity contribution in [3.63, 3.8) is 0 Å². The number of aromatic nitrogens is 3. The molecule has 3 N–H and O–H groups in total. The zero-order valence-corrected chi connectivity index (χ0v) is 12.4. The molecular formula is C16H13N5O3. The van der Waals surface area contributed by atoms with E-state index in [1.807, 2.05) is 29.0 Å². The molecule has 1 aliphatic rings. The van der Waals surface area contributed by atoms with E-state index in [0.717, 1.165) is 22.3 Å². The van der Waals surface area contributed by atoms with E-state index < -0.39 is 6.09 Å². The second-order valence-electron chi connectivity index (χ2n) is 5.47. The molecule has 1 unspecified atom stereocenters. The molecule has 1 atom stereocenters. The zero-order chi connectivity index (χ0) is 16.7. The third kappa shape index (κ3) is 2.24. The number of nitrogens with zero attached hydrogens (tertiary/aromatic N) is 3. The van der Waals surface area contributed by atoms with E-state index in [1.165, 1.54) is 6.33 Å². The molecule has 0 spiro atoms. The predicted molar refractivity (Wildman–Crippen MR) is 85.1 cm³/mol. The van der Waals surface area contributed by atoms with Crippen LogP contribution in [-0.2, 0) is 0 Å². The maximum absolute atomic E-state index is 12.0. The molecule has 2 amide bonds. The third-order valence-corrected chi connectivity index (χ3v) is 4.05. The summed E-state index contributed by atoms with van der Waals surface area (Å²) in [7, 11) is 0. The highest BCUT2D eigenvalue weighted by Gasteiger charge is 2.29. The summed E-state index contributed by atoms with van der Waals surface area (Å²) in [5, 5.41) is 14.8. The van der Waals surface area contributed by atoms with Crippen LogP contribution in [0.5, 0.6) is 0 Å². The molecule has 2 aromatic heterocycles. The molecule has 4 rings (SSSR count). The largest absolute Gasteiger partial charge is 0.465 e. The fourth-order valence-corrected chi connectivity index (χ4v) is 2.95. The van der Waals surface area contributed by atoms with Gasteiger partial charge in [-0.25, -0.2) is 14.8 Å². The molecule has 120 valence electrons. The van der Waals surface area contributed by atoms with Crippen LogP contribution in [-0.4, -0.2) is 38.2 Å². The second kappa shape index (κ2) is 5.34. The van der Waals surface area contributed by atoms with E-state index in [1.54, 1.807) is 12.3 Å². The minimum atomic E-state index is -1.12. The SMILES string of the molecule is O=C(O)NCC1NC(=O)c2ccc(-n3ccc4cncnc43)cc21. The van der Waals surface area contributed by atoms with Crippen molar-refractivity contribution in [2.45, 2.75) is 6.04 Å². The van der Waals surface area contributed by atoms with E-state index >= 15 is 0 Å². The van der Waals surface area contributed by atoms with Crippen LogP contribution in [0.1, 0.15) is 22.0 Å². The van der Waals surface area contributed by atoms with Crippen molar-refractivity contribution >= 4 is 23.0 Å². The van der Waals surface area contributed by atoms with E-state index in [0.29, 0.717) is 5.56 Å². The van der Waals surface area contributed by atoms with E-state index in [2.05, 4.69) is 20.6 Å². The van der Waals surface area contributed by atoms with Crippen LogP contribution in [0.4, 0.5) is 4.79 Å². The smallest absolute Gasteiger partial charge is 0.404 e. The fraction of sp³-hybridized carbons (Fsp3) is 0.125. The van der Waals surface area contributed by atoms with Crippen molar-refractivity contribution in [1.82, 2.24) is 25.2 Å². The number of hydrogen-bond donors (Lipinski definition) is 3. The van der Waals surface area contributed by atoms with Gasteiger partial charge in [0.25, 0.3) is 5.91 Å². The highest BCUT2D eigenvalue weighted by atomic mass is 16.4. The van der Waals surface area contributed by atoms with Crippen LogP contribution in [0.15, 0.2) is 43.0 Å². The lowest BCUT2D eigenvalue weighted by Crippen LogP contribution is -2.32. The maximum Gasteiger partial charge on any atom is 0.404 e. The highest BCUT2D eigenvalue weighted by Crippen LogP contribution is 2.28. The Bertz CT molecular complexity index is 965. The molecule has 1 aliphatic heterocycles. The second-order valence-corrected chi connectivity index (χ2v) is 5.47. The first-order valence-electron chi connectivity index (χ1n) is 7.32. The Kier molecular flexibility index (Phi) is 3.16. The van der Waals surface area contributed by atoms with Gasteiger partial charge in [0.15, 0.2) is 0 Å². The van der Waals surface area contributed by atoms with Crippen LogP contribution in [0.3, 0.4) is 0 Å². The Balaban J connectivity index is 1.76. The molecular weight excluding hydrogens is 310 g/mol. The molecule has 8 heteroatoms. The lowest BCUT2D eigenvalue weighted by atomic mass is 10.0. The Morgan fingerprint density at radius 1 is 1.38 bits per heavy atom. The van der Waals surface area contributed by atoms with Gasteiger partial charge in [-0.15, -0.1) is 0 Å². The van der Waals surface area contributed by atoms with Gasteiger partial charge in [-0.1, -0.05) is 0 Å². The summed E-state index contributed by atoms with van der Waals surface area (Å²) < 4.78 is 1.90. The first-order chi connectivity index (χ1) is 11.6. The van der Waals surface area contributed by atoms with Gasteiger partial charge < -0.3 is 20.3 Å². The average molecular weight is 323 g/mol. The van der Waals surface area contributed by atoms with E-state index in [9.17, 15) is 9.59 Å². The predicted octanol–water partition coefficient (Wildman–Crippen LogP) is 1.47. The van der Waals surface area contributed by atoms with Gasteiger partial charge in [0, 0.05) is 35.6 Å². The summed E-state index contributed by atoms with van der Waals surface area (Å²) in [6.07, 6.45) is 3.98. The van der Waals surface area contributed by atoms with E-state index in [4.69, 9.17) is 5.11 Å². The molecule has 24 heavy (non-hydrogen) atoms. The number of rotatable bonds is 3. The number of hydrogen-bond acceptors (Lipinski definition) is 4. The van der Waals surface area contributed by atoms with Gasteiger partial charge in [-0.3, -0.25) is 4.79 Å². The number of amides is 2. The molecule has 3 aromatic rings. The van der Waals surface area contributed by atoms with Crippen molar-refractivity contribution < 1.29 is 14.7 Å². The number of nitrogens with one attached hydrogen (secondary N) is 2. The highest BCUT2D eigenvalue weighted by molar-refractivity contribution is 5.99. The third-order valence-electron chi connectivity index (χ3n) is 4.05. The van der Waals surface area contributed by atoms with E-state index in [-0.39, 0.29) is 18.5 Å². The molecule has 0 radical (unpaired) electrons. The van der Waals surface area contributed by atoms with Gasteiger partial charge in [0.2, 0.25) is 0 Å². The number of carboxylic acid groups (broad SMARTS) is 1. The molecule has 3 heterocycles. The van der Waals surface area contributed by atoms with Crippen molar-refractivity contribution in [3.8, 4) is 5.69 Å². The number of carbonyl (C=O) groups excluding carboxylic acids is 1. The molecule has 0 saturated carbocycles. The monoisotopic (exact) mass is 323 g/mol. The van der Waals surface area contributed by atoms with Crippen LogP contribution in [0.25, 0.3) is 16.7 Å². The van der Waals surface area contributed by atoms with Crippen molar-refractivity contribution in [2.24, 2.45) is 0 Å². The Morgan fingerprint density at radius 3 is 3.08 bits per heavy atom. The molecule has 1 aromatic carbocycles. The normalized spacial score (nSPS) is 16.0. The molecule has 0 fully saturated rings. The van der Waals surface area contributed by atoms with Gasteiger partial charge >= 0.3 is 6.09 Å². The van der Waals surface area contributed by atoms with Crippen molar-refractivity contribution in [3.05, 3.63) is 54.1 Å². The summed E-state index contributed by atoms with van der Waals surface area (Å²) in [4.78, 5) is 31.0. The number of fused-ring (bicyclic) bond motifs is 2. The standard InChI is InChI=1S/C16H13N5O3/c22-15-11-2-1-10(5-12(11)13(20-15)7-18-16(23)24)21-4-3-9-6-17-8-19-14(9)21/h1-6,8,13,18H,7H2,(H,20,22)(H,23,24). The fourth-order valence-electron chi connectivity index (χ4n) is 2.95. The maximum atomic E-state index is 12.0. The van der Waals surface area contributed by atoms with Crippen LogP contribution in [0.2, 0.25) is 0 Å². The van der Waals surface area contributed by atoms with Crippen LogP contribution < -0.4 is 10.6 Å². The molecule has 0 bridgehead atoms. The Hall–Kier alpha value is -3.42. The Morgan fingerprint density at radius 2 is 2.25 bits per heavy atom. The van der Waals surface area contributed by atoms with Gasteiger partial charge in [-0.05, 0) is 29.8 Å². The Labute approximate surface area is 136 Å². The number of benzene rings is 1. The molecule has 0 saturated heterocycles. The first-order valence-corrected chi connectivity index (χ1v) is 7.32. The lowest BCUT2D eigenvalue weighted by molar-refractivity contribution is 0.0955. The van der Waals surface area contributed by atoms with Gasteiger partial charge in [0.05, 0.1) is 6.04 Å². The van der Waals surface area contributed by atoms with Crippen molar-refractivity contribution in [2.75, 3.05) is 6.54 Å². The minimum absolute atomic E-state index is 0.117. The quantitative estimate of drug-likeness (QED) is 0.676. The summed E-state index contributed by atoms with van der Waals surface area (Å²) in [6.45, 7) is 0.117. The zero-order valence-electron chi connectivity index (χ0n) is 12.4. The summed E-state index contributed by atoms with van der Waals surface area (Å²) in [5.41, 5.74) is 2.94. The summed E-state index contributed by atoms with van der Waals surface area (Å²) in [5.74, 6) is -0.201. The van der Waals surface area contributed by atoms with Crippen molar-refractivity contribution in [1.29, 1.82) is 0 Å². The number of carbonyl (C=O) groups is 2. The van der Waals surface area contributed by atoms with Crippen LogP contribution >= 0.6 is 0 Å². The average Bonchev–Trinajstić information content (AvgIpc) is 3.14. The molecule has 0 aliphatic carbocycles. The first kappa shape index (κ1) is 14.2. The van der Waals surface area contributed by atoms with Crippen LogP contribution in [0, 0.1) is 0 Å². The van der Waals surface area contributed by atoms with Gasteiger partial charge in [0.1, 0.15) is 12.0 Å². The topological polar surface area (TPSA) is 109 Å². The summed E-state index contributed by atoms with van der Waals surface area (Å²) >= 11 is 0. The van der Waals surface area contributed by atoms with Gasteiger partial charge in [-0.2, -0.15) is 0 Å². The lowest BCUT2D eigenvalue weighted by Gasteiger charge is -2.13. The summed E-state index contributed by atoms with van der Waals surface area (Å²) in [6, 6.07) is 6.99. The minimum Gasteiger partial charge on any atom is -0.465 e. The molecule has 8 nitrogen and oxygen atoms in total.